The van der Waals surface area contributed by atoms with Gasteiger partial charge < -0.3 is 16.0 Å². The number of primary amides is 1. The molecule has 1 aliphatic rings. The minimum absolute atomic E-state index is 0.00490. The van der Waals surface area contributed by atoms with Crippen molar-refractivity contribution in [3.63, 3.8) is 0 Å². The summed E-state index contributed by atoms with van der Waals surface area (Å²) in [6.07, 6.45) is 0. The van der Waals surface area contributed by atoms with E-state index in [0.29, 0.717) is 12.5 Å². The summed E-state index contributed by atoms with van der Waals surface area (Å²) in [7, 11) is 0. The lowest BCUT2D eigenvalue weighted by Crippen LogP contribution is -2.43. The largest absolute Gasteiger partial charge is 0.368 e. The molecule has 2 amide bonds. The average Bonchev–Trinajstić information content (AvgIpc) is 2.11. The van der Waals surface area contributed by atoms with Crippen molar-refractivity contribution in [1.82, 2.24) is 10.2 Å². The first kappa shape index (κ1) is 13.7. The Morgan fingerprint density at radius 2 is 2.00 bits per heavy atom. The SMILES string of the molecule is CC(C(=O)N(CC(N)=O)CC(C)C)=C1CNC1. The van der Waals surface area contributed by atoms with Crippen molar-refractivity contribution in [3.05, 3.63) is 11.1 Å². The van der Waals surface area contributed by atoms with Crippen LogP contribution in [0.2, 0.25) is 0 Å². The fourth-order valence-corrected chi connectivity index (χ4v) is 1.75. The van der Waals surface area contributed by atoms with Gasteiger partial charge in [0.25, 0.3) is 0 Å². The number of rotatable bonds is 5. The molecule has 1 fully saturated rings. The Labute approximate surface area is 102 Å². The van der Waals surface area contributed by atoms with Crippen LogP contribution in [0.4, 0.5) is 0 Å². The molecule has 1 heterocycles. The second-order valence-electron chi connectivity index (χ2n) is 4.88. The molecule has 3 N–H and O–H groups in total. The van der Waals surface area contributed by atoms with Crippen LogP contribution in [0.1, 0.15) is 20.8 Å². The summed E-state index contributed by atoms with van der Waals surface area (Å²) in [6, 6.07) is 0. The third-order valence-electron chi connectivity index (χ3n) is 2.75. The Bertz CT molecular complexity index is 342. The van der Waals surface area contributed by atoms with Gasteiger partial charge in [-0.3, -0.25) is 9.59 Å². The van der Waals surface area contributed by atoms with E-state index in [1.54, 1.807) is 0 Å². The summed E-state index contributed by atoms with van der Waals surface area (Å²) >= 11 is 0. The topological polar surface area (TPSA) is 75.4 Å². The first-order valence-electron chi connectivity index (χ1n) is 5.88. The maximum Gasteiger partial charge on any atom is 0.250 e. The van der Waals surface area contributed by atoms with Gasteiger partial charge in [-0.1, -0.05) is 13.8 Å². The Morgan fingerprint density at radius 1 is 1.41 bits per heavy atom. The van der Waals surface area contributed by atoms with Gasteiger partial charge in [-0.2, -0.15) is 0 Å². The maximum absolute atomic E-state index is 12.2. The number of carbonyl (C=O) groups is 2. The van der Waals surface area contributed by atoms with Crippen molar-refractivity contribution in [3.8, 4) is 0 Å². The molecular formula is C12H21N3O2. The summed E-state index contributed by atoms with van der Waals surface area (Å²) in [4.78, 5) is 24.7. The van der Waals surface area contributed by atoms with Gasteiger partial charge in [0.2, 0.25) is 11.8 Å². The average molecular weight is 239 g/mol. The van der Waals surface area contributed by atoms with Crippen molar-refractivity contribution >= 4 is 11.8 Å². The van der Waals surface area contributed by atoms with Crippen molar-refractivity contribution in [2.45, 2.75) is 20.8 Å². The first-order chi connectivity index (χ1) is 7.91. The van der Waals surface area contributed by atoms with E-state index in [1.165, 1.54) is 4.90 Å². The van der Waals surface area contributed by atoms with Crippen molar-refractivity contribution < 1.29 is 9.59 Å². The zero-order chi connectivity index (χ0) is 13.0. The molecule has 0 aliphatic carbocycles. The summed E-state index contributed by atoms with van der Waals surface area (Å²) in [5, 5.41) is 3.10. The van der Waals surface area contributed by atoms with Gasteiger partial charge in [-0.05, 0) is 18.4 Å². The Hall–Kier alpha value is -1.36. The molecule has 0 bridgehead atoms. The molecule has 1 saturated heterocycles. The highest BCUT2D eigenvalue weighted by atomic mass is 16.2. The Morgan fingerprint density at radius 3 is 2.35 bits per heavy atom. The fourth-order valence-electron chi connectivity index (χ4n) is 1.75. The molecule has 0 atom stereocenters. The van der Waals surface area contributed by atoms with Gasteiger partial charge in [0, 0.05) is 25.2 Å². The van der Waals surface area contributed by atoms with Crippen LogP contribution in [0.5, 0.6) is 0 Å². The van der Waals surface area contributed by atoms with Crippen LogP contribution in [0.3, 0.4) is 0 Å². The lowest BCUT2D eigenvalue weighted by molar-refractivity contribution is -0.132. The van der Waals surface area contributed by atoms with Crippen molar-refractivity contribution in [2.75, 3.05) is 26.2 Å². The van der Waals surface area contributed by atoms with E-state index in [-0.39, 0.29) is 12.5 Å². The summed E-state index contributed by atoms with van der Waals surface area (Å²) < 4.78 is 0. The highest BCUT2D eigenvalue weighted by Gasteiger charge is 2.22. The molecule has 0 unspecified atom stereocenters. The number of nitrogens with zero attached hydrogens (tertiary/aromatic N) is 1. The molecule has 0 aromatic carbocycles. The van der Waals surface area contributed by atoms with E-state index in [2.05, 4.69) is 5.32 Å². The standard InChI is InChI=1S/C12H21N3O2/c1-8(2)6-15(7-11(13)16)12(17)9(3)10-4-14-5-10/h8,14H,4-7H2,1-3H3,(H2,13,16). The molecule has 0 radical (unpaired) electrons. The van der Waals surface area contributed by atoms with Crippen LogP contribution >= 0.6 is 0 Å². The number of hydrogen-bond acceptors (Lipinski definition) is 3. The van der Waals surface area contributed by atoms with E-state index in [0.717, 1.165) is 24.2 Å². The van der Waals surface area contributed by atoms with E-state index in [4.69, 9.17) is 5.73 Å². The van der Waals surface area contributed by atoms with Crippen LogP contribution in [0.15, 0.2) is 11.1 Å². The molecule has 17 heavy (non-hydrogen) atoms. The monoisotopic (exact) mass is 239 g/mol. The van der Waals surface area contributed by atoms with Crippen LogP contribution in [-0.4, -0.2) is 42.9 Å². The highest BCUT2D eigenvalue weighted by Crippen LogP contribution is 2.13. The quantitative estimate of drug-likeness (QED) is 0.657. The lowest BCUT2D eigenvalue weighted by atomic mass is 10.0. The third kappa shape index (κ3) is 3.85. The number of nitrogens with one attached hydrogen (secondary N) is 1. The molecule has 0 aromatic heterocycles. The van der Waals surface area contributed by atoms with Gasteiger partial charge in [-0.25, -0.2) is 0 Å². The number of carbonyl (C=O) groups excluding carboxylic acids is 2. The molecule has 5 nitrogen and oxygen atoms in total. The third-order valence-corrected chi connectivity index (χ3v) is 2.75. The number of nitrogens with two attached hydrogens (primary N) is 1. The smallest absolute Gasteiger partial charge is 0.250 e. The van der Waals surface area contributed by atoms with E-state index < -0.39 is 5.91 Å². The molecule has 1 rings (SSSR count). The Kier molecular flexibility index (Phi) is 4.69. The minimum Gasteiger partial charge on any atom is -0.368 e. The van der Waals surface area contributed by atoms with Crippen LogP contribution < -0.4 is 11.1 Å². The minimum atomic E-state index is -0.469. The predicted molar refractivity (Wildman–Crippen MR) is 66.2 cm³/mol. The number of amides is 2. The summed E-state index contributed by atoms with van der Waals surface area (Å²) in [5.74, 6) is -0.229. The van der Waals surface area contributed by atoms with E-state index in [9.17, 15) is 9.59 Å². The first-order valence-corrected chi connectivity index (χ1v) is 5.88. The van der Waals surface area contributed by atoms with Crippen molar-refractivity contribution in [2.24, 2.45) is 11.7 Å². The van der Waals surface area contributed by atoms with E-state index in [1.807, 2.05) is 20.8 Å². The van der Waals surface area contributed by atoms with Crippen molar-refractivity contribution in [1.29, 1.82) is 0 Å². The molecule has 1 aliphatic heterocycles. The maximum atomic E-state index is 12.2. The fraction of sp³-hybridized carbons (Fsp3) is 0.667. The normalized spacial score (nSPS) is 14.5. The molecular weight excluding hydrogens is 218 g/mol. The molecule has 0 aromatic rings. The van der Waals surface area contributed by atoms with Crippen LogP contribution in [0, 0.1) is 5.92 Å². The van der Waals surface area contributed by atoms with Gasteiger partial charge >= 0.3 is 0 Å². The van der Waals surface area contributed by atoms with Gasteiger partial charge in [0.1, 0.15) is 0 Å². The van der Waals surface area contributed by atoms with Gasteiger partial charge in [0.05, 0.1) is 6.54 Å². The zero-order valence-corrected chi connectivity index (χ0v) is 10.7. The van der Waals surface area contributed by atoms with Gasteiger partial charge in [0.15, 0.2) is 0 Å². The second-order valence-corrected chi connectivity index (χ2v) is 4.88. The molecule has 0 saturated carbocycles. The summed E-state index contributed by atoms with van der Waals surface area (Å²) in [6.45, 7) is 7.92. The number of hydrogen-bond donors (Lipinski definition) is 2. The summed E-state index contributed by atoms with van der Waals surface area (Å²) in [5.41, 5.74) is 7.03. The van der Waals surface area contributed by atoms with E-state index >= 15 is 0 Å². The molecule has 96 valence electrons. The highest BCUT2D eigenvalue weighted by molar-refractivity contribution is 5.96. The predicted octanol–water partition coefficient (Wildman–Crippen LogP) is -0.124. The zero-order valence-electron chi connectivity index (χ0n) is 10.7. The van der Waals surface area contributed by atoms with Crippen LogP contribution in [-0.2, 0) is 9.59 Å². The molecule has 5 heteroatoms. The lowest BCUT2D eigenvalue weighted by Gasteiger charge is -2.27. The van der Waals surface area contributed by atoms with Gasteiger partial charge in [-0.15, -0.1) is 0 Å². The van der Waals surface area contributed by atoms with Crippen LogP contribution in [0.25, 0.3) is 0 Å². The molecule has 0 spiro atoms. The Balaban J connectivity index is 2.74. The second kappa shape index (κ2) is 5.82.